The van der Waals surface area contributed by atoms with E-state index in [0.29, 0.717) is 0 Å². The maximum Gasteiger partial charge on any atom is 0.141 e. The number of imidazole rings is 1. The van der Waals surface area contributed by atoms with E-state index < -0.39 is 0 Å². The Hall–Kier alpha value is -3.00. The highest BCUT2D eigenvalue weighted by Crippen LogP contribution is 2.37. The van der Waals surface area contributed by atoms with Gasteiger partial charge in [0.1, 0.15) is 11.6 Å². The van der Waals surface area contributed by atoms with Crippen LogP contribution in [0.15, 0.2) is 78.0 Å². The van der Waals surface area contributed by atoms with E-state index in [4.69, 9.17) is 9.72 Å². The van der Waals surface area contributed by atoms with E-state index in [1.807, 2.05) is 24.3 Å². The van der Waals surface area contributed by atoms with Gasteiger partial charge in [-0.25, -0.2) is 9.37 Å². The monoisotopic (exact) mass is 488 g/mol. The van der Waals surface area contributed by atoms with Crippen LogP contribution in [-0.2, 0) is 11.3 Å². The van der Waals surface area contributed by atoms with Gasteiger partial charge in [-0.1, -0.05) is 12.1 Å². The number of halogens is 1. The molecule has 0 bridgehead atoms. The summed E-state index contributed by atoms with van der Waals surface area (Å²) in [6.45, 7) is 5.35. The lowest BCUT2D eigenvalue weighted by Gasteiger charge is -2.26. The van der Waals surface area contributed by atoms with Crippen molar-refractivity contribution in [3.05, 3.63) is 78.9 Å². The number of hydrogen-bond acceptors (Lipinski definition) is 5. The molecule has 2 aromatic heterocycles. The third-order valence-corrected chi connectivity index (χ3v) is 7.09. The van der Waals surface area contributed by atoms with Gasteiger partial charge in [0, 0.05) is 60.2 Å². The molecular weight excluding hydrogens is 459 g/mol. The third kappa shape index (κ3) is 5.48. The van der Waals surface area contributed by atoms with Gasteiger partial charge in [-0.05, 0) is 61.2 Å². The van der Waals surface area contributed by atoms with Crippen LogP contribution in [0.25, 0.3) is 33.9 Å². The summed E-state index contributed by atoms with van der Waals surface area (Å²) in [5.74, 6) is 0.677. The Balaban J connectivity index is 1.60. The highest BCUT2D eigenvalue weighted by atomic mass is 32.2. The molecule has 7 heteroatoms. The summed E-state index contributed by atoms with van der Waals surface area (Å²) in [5, 5.41) is 0. The van der Waals surface area contributed by atoms with Crippen LogP contribution in [0.3, 0.4) is 0 Å². The largest absolute Gasteiger partial charge is 0.379 e. The molecule has 0 spiro atoms. The summed E-state index contributed by atoms with van der Waals surface area (Å²) in [7, 11) is 0. The molecule has 0 N–H and O–H groups in total. The summed E-state index contributed by atoms with van der Waals surface area (Å²) in [5.41, 5.74) is 4.89. The quantitative estimate of drug-likeness (QED) is 0.291. The Bertz CT molecular complexity index is 1240. The first kappa shape index (κ1) is 23.7. The summed E-state index contributed by atoms with van der Waals surface area (Å²) < 4.78 is 21.6. The number of ether oxygens (including phenoxy) is 1. The van der Waals surface area contributed by atoms with Gasteiger partial charge in [0.25, 0.3) is 0 Å². The molecule has 0 unspecified atom stereocenters. The number of thioether (sulfide) groups is 1. The van der Waals surface area contributed by atoms with Crippen molar-refractivity contribution >= 4 is 11.8 Å². The van der Waals surface area contributed by atoms with Gasteiger partial charge in [-0.3, -0.25) is 9.88 Å². The SMILES string of the molecule is CSc1ccc(-c2nc(-c3ccncc3)c(-c3ccc(F)cc3)n2CCCN2CCOCC2)cc1. The van der Waals surface area contributed by atoms with Gasteiger partial charge in [0.2, 0.25) is 0 Å². The number of morpholine rings is 1. The van der Waals surface area contributed by atoms with Crippen molar-refractivity contribution in [2.24, 2.45) is 0 Å². The zero-order valence-electron chi connectivity index (χ0n) is 19.9. The molecule has 1 aliphatic heterocycles. The third-order valence-electron chi connectivity index (χ3n) is 6.35. The van der Waals surface area contributed by atoms with E-state index in [1.165, 1.54) is 17.0 Å². The fraction of sp³-hybridized carbons (Fsp3) is 0.286. The molecule has 0 atom stereocenters. The number of hydrogen-bond donors (Lipinski definition) is 0. The second-order valence-electron chi connectivity index (χ2n) is 8.56. The summed E-state index contributed by atoms with van der Waals surface area (Å²) in [6, 6.07) is 19.2. The first-order chi connectivity index (χ1) is 17.2. The number of rotatable bonds is 8. The van der Waals surface area contributed by atoms with Gasteiger partial charge in [-0.2, -0.15) is 0 Å². The Labute approximate surface area is 210 Å². The second kappa shape index (κ2) is 11.2. The van der Waals surface area contributed by atoms with E-state index in [1.54, 1.807) is 24.2 Å². The number of pyridine rings is 1. The summed E-state index contributed by atoms with van der Waals surface area (Å²) in [4.78, 5) is 13.0. The average molecular weight is 489 g/mol. The zero-order chi connectivity index (χ0) is 24.0. The van der Waals surface area contributed by atoms with Crippen molar-refractivity contribution in [1.82, 2.24) is 19.4 Å². The normalized spacial score (nSPS) is 14.3. The maximum absolute atomic E-state index is 13.8. The Kier molecular flexibility index (Phi) is 7.57. The molecule has 0 saturated carbocycles. The van der Waals surface area contributed by atoms with Crippen molar-refractivity contribution in [2.45, 2.75) is 17.9 Å². The summed E-state index contributed by atoms with van der Waals surface area (Å²) in [6.07, 6.45) is 6.63. The molecule has 3 heterocycles. The van der Waals surface area contributed by atoms with Crippen LogP contribution in [0.4, 0.5) is 4.39 Å². The van der Waals surface area contributed by atoms with E-state index in [2.05, 4.69) is 45.0 Å². The van der Waals surface area contributed by atoms with Gasteiger partial charge in [-0.15, -0.1) is 11.8 Å². The summed E-state index contributed by atoms with van der Waals surface area (Å²) >= 11 is 1.72. The molecule has 1 saturated heterocycles. The first-order valence-corrected chi connectivity index (χ1v) is 13.2. The van der Waals surface area contributed by atoms with Gasteiger partial charge in [0.15, 0.2) is 0 Å². The van der Waals surface area contributed by atoms with Crippen LogP contribution in [0.1, 0.15) is 6.42 Å². The molecule has 1 aliphatic rings. The van der Waals surface area contributed by atoms with Crippen LogP contribution in [0.5, 0.6) is 0 Å². The van der Waals surface area contributed by atoms with Crippen LogP contribution in [0, 0.1) is 5.82 Å². The predicted octanol–water partition coefficient (Wildman–Crippen LogP) is 5.86. The minimum absolute atomic E-state index is 0.245. The Morgan fingerprint density at radius 1 is 0.857 bits per heavy atom. The van der Waals surface area contributed by atoms with Crippen molar-refractivity contribution < 1.29 is 9.13 Å². The van der Waals surface area contributed by atoms with Gasteiger partial charge >= 0.3 is 0 Å². The van der Waals surface area contributed by atoms with Gasteiger partial charge in [0.05, 0.1) is 24.6 Å². The van der Waals surface area contributed by atoms with Crippen LogP contribution in [-0.4, -0.2) is 58.5 Å². The second-order valence-corrected chi connectivity index (χ2v) is 9.44. The molecule has 5 rings (SSSR count). The molecule has 1 fully saturated rings. The van der Waals surface area contributed by atoms with E-state index in [-0.39, 0.29) is 5.82 Å². The predicted molar refractivity (Wildman–Crippen MR) is 140 cm³/mol. The first-order valence-electron chi connectivity index (χ1n) is 11.9. The van der Waals surface area contributed by atoms with Crippen molar-refractivity contribution in [3.8, 4) is 33.9 Å². The molecule has 2 aromatic carbocycles. The number of benzene rings is 2. The van der Waals surface area contributed by atoms with Crippen LogP contribution >= 0.6 is 11.8 Å². The topological polar surface area (TPSA) is 43.2 Å². The number of aromatic nitrogens is 3. The van der Waals surface area contributed by atoms with Gasteiger partial charge < -0.3 is 9.30 Å². The van der Waals surface area contributed by atoms with Crippen molar-refractivity contribution in [3.63, 3.8) is 0 Å². The van der Waals surface area contributed by atoms with E-state index in [0.717, 1.165) is 79.7 Å². The van der Waals surface area contributed by atoms with Crippen molar-refractivity contribution in [1.29, 1.82) is 0 Å². The molecular formula is C28H29FN4OS. The smallest absolute Gasteiger partial charge is 0.141 e. The minimum atomic E-state index is -0.245. The standard InChI is InChI=1S/C28H29FN4OS/c1-35-25-9-5-23(6-10-25)28-31-26(21-11-13-30-14-12-21)27(22-3-7-24(29)8-4-22)33(28)16-2-15-32-17-19-34-20-18-32/h3-14H,2,15-20H2,1H3. The molecule has 0 aliphatic carbocycles. The lowest BCUT2D eigenvalue weighted by molar-refractivity contribution is 0.0369. The van der Waals surface area contributed by atoms with E-state index >= 15 is 0 Å². The van der Waals surface area contributed by atoms with Crippen LogP contribution in [0.2, 0.25) is 0 Å². The lowest BCUT2D eigenvalue weighted by atomic mass is 10.1. The fourth-order valence-corrected chi connectivity index (χ4v) is 4.93. The molecule has 0 amide bonds. The Morgan fingerprint density at radius 3 is 2.23 bits per heavy atom. The minimum Gasteiger partial charge on any atom is -0.379 e. The van der Waals surface area contributed by atoms with Crippen molar-refractivity contribution in [2.75, 3.05) is 39.1 Å². The average Bonchev–Trinajstić information content (AvgIpc) is 3.29. The molecule has 35 heavy (non-hydrogen) atoms. The molecule has 4 aromatic rings. The van der Waals surface area contributed by atoms with Crippen LogP contribution < -0.4 is 0 Å². The molecule has 180 valence electrons. The number of nitrogens with zero attached hydrogens (tertiary/aromatic N) is 4. The highest BCUT2D eigenvalue weighted by Gasteiger charge is 2.21. The zero-order valence-corrected chi connectivity index (χ0v) is 20.7. The van der Waals surface area contributed by atoms with E-state index in [9.17, 15) is 4.39 Å². The Morgan fingerprint density at radius 2 is 1.54 bits per heavy atom. The fourth-order valence-electron chi connectivity index (χ4n) is 4.52. The molecule has 5 nitrogen and oxygen atoms in total. The lowest BCUT2D eigenvalue weighted by Crippen LogP contribution is -2.37. The maximum atomic E-state index is 13.8. The highest BCUT2D eigenvalue weighted by molar-refractivity contribution is 7.98. The molecule has 0 radical (unpaired) electrons.